The highest BCUT2D eigenvalue weighted by Gasteiger charge is 2.42. The smallest absolute Gasteiger partial charge is 0.183 e. The molecule has 2 aliphatic rings. The molecule has 0 amide bonds. The third kappa shape index (κ3) is 5.72. The van der Waals surface area contributed by atoms with Crippen molar-refractivity contribution in [2.75, 3.05) is 32.8 Å². The second-order valence-electron chi connectivity index (χ2n) is 7.58. The molecule has 2 rings (SSSR count). The molecule has 0 aromatic heterocycles. The Bertz CT molecular complexity index is 451. The lowest BCUT2D eigenvalue weighted by Crippen LogP contribution is -2.57. The Hall–Kier alpha value is -0.666. The number of amidine groups is 1. The van der Waals surface area contributed by atoms with E-state index in [1.165, 1.54) is 18.3 Å². The Balaban J connectivity index is 1.67. The van der Waals surface area contributed by atoms with Crippen LogP contribution in [0, 0.1) is 0 Å². The van der Waals surface area contributed by atoms with E-state index < -0.39 is 15.4 Å². The van der Waals surface area contributed by atoms with Crippen molar-refractivity contribution in [3.8, 4) is 0 Å². The Labute approximate surface area is 142 Å². The maximum absolute atomic E-state index is 6.42. The normalized spacial score (nSPS) is 18.4. The quantitative estimate of drug-likeness (QED) is 0.484. The van der Waals surface area contributed by atoms with Gasteiger partial charge in [0.25, 0.3) is 0 Å². The van der Waals surface area contributed by atoms with Gasteiger partial charge in [-0.25, -0.2) is 0 Å². The zero-order valence-electron chi connectivity index (χ0n) is 15.3. The first kappa shape index (κ1) is 18.7. The van der Waals surface area contributed by atoms with Crippen molar-refractivity contribution < 1.29 is 9.16 Å². The Morgan fingerprint density at radius 1 is 1.09 bits per heavy atom. The minimum absolute atomic E-state index is 0.760. The minimum Gasteiger partial charge on any atom is -0.479 e. The van der Waals surface area contributed by atoms with E-state index in [0.717, 1.165) is 58.0 Å². The van der Waals surface area contributed by atoms with Crippen molar-refractivity contribution in [2.24, 2.45) is 9.98 Å². The van der Waals surface area contributed by atoms with Crippen molar-refractivity contribution in [1.29, 1.82) is 0 Å². The minimum atomic E-state index is -1.59. The van der Waals surface area contributed by atoms with Crippen LogP contribution in [-0.2, 0) is 9.16 Å². The molecule has 0 saturated heterocycles. The van der Waals surface area contributed by atoms with Crippen LogP contribution in [0.25, 0.3) is 0 Å². The van der Waals surface area contributed by atoms with Crippen LogP contribution >= 0.6 is 0 Å². The van der Waals surface area contributed by atoms with Crippen molar-refractivity contribution >= 4 is 27.2 Å². The topological polar surface area (TPSA) is 55.2 Å². The van der Waals surface area contributed by atoms with Gasteiger partial charge in [0.05, 0.1) is 26.5 Å². The summed E-state index contributed by atoms with van der Waals surface area (Å²) in [4.78, 5) is 8.83. The summed E-state index contributed by atoms with van der Waals surface area (Å²) in [7, 11) is -2.90. The highest BCUT2D eigenvalue weighted by Crippen LogP contribution is 2.27. The number of hydrogen-bond acceptors (Lipinski definition) is 5. The van der Waals surface area contributed by atoms with E-state index in [0.29, 0.717) is 0 Å². The fourth-order valence-electron chi connectivity index (χ4n) is 2.89. The Morgan fingerprint density at radius 3 is 2.57 bits per heavy atom. The zero-order valence-corrected chi connectivity index (χ0v) is 17.3. The van der Waals surface area contributed by atoms with E-state index in [9.17, 15) is 0 Å². The van der Waals surface area contributed by atoms with Gasteiger partial charge in [0, 0.05) is 26.0 Å². The van der Waals surface area contributed by atoms with Crippen LogP contribution in [0.2, 0.25) is 32.2 Å². The third-order valence-electron chi connectivity index (χ3n) is 5.23. The zero-order chi connectivity index (χ0) is 16.8. The molecule has 0 aromatic rings. The molecule has 0 spiro atoms. The van der Waals surface area contributed by atoms with Gasteiger partial charge in [-0.3, -0.25) is 9.98 Å². The van der Waals surface area contributed by atoms with Gasteiger partial charge in [-0.05, 0) is 25.9 Å². The highest BCUT2D eigenvalue weighted by atomic mass is 29.3. The van der Waals surface area contributed by atoms with E-state index in [1.807, 2.05) is 0 Å². The molecule has 7 heteroatoms. The molecule has 0 bridgehead atoms. The van der Waals surface area contributed by atoms with E-state index in [-0.39, 0.29) is 0 Å². The average Bonchev–Trinajstić information content (AvgIpc) is 3.16. The highest BCUT2D eigenvalue weighted by molar-refractivity contribution is 7.38. The van der Waals surface area contributed by atoms with Crippen LogP contribution in [0.4, 0.5) is 0 Å². The molecule has 132 valence electrons. The monoisotopic (exact) mass is 355 g/mol. The molecule has 0 aromatic carbocycles. The Kier molecular flexibility index (Phi) is 6.85. The molecule has 0 atom stereocenters. The van der Waals surface area contributed by atoms with E-state index in [2.05, 4.69) is 41.5 Å². The molecule has 5 nitrogen and oxygen atoms in total. The molecular formula is C16H33N3O2Si2. The standard InChI is InChI=1S/C16H33N3O2Si2/c1-22(2,14-6-7-15-17-9-10-18-15)23(3,4)21-12-5-8-16-19-11-13-20-16/h5-14H2,1-4H3,(H,17,18). The van der Waals surface area contributed by atoms with Gasteiger partial charge in [-0.2, -0.15) is 0 Å². The van der Waals surface area contributed by atoms with Gasteiger partial charge in [0.15, 0.2) is 13.7 Å². The summed E-state index contributed by atoms with van der Waals surface area (Å²) >= 11 is 0. The lowest BCUT2D eigenvalue weighted by molar-refractivity contribution is 0.300. The number of nitrogens with zero attached hydrogens (tertiary/aromatic N) is 2. The summed E-state index contributed by atoms with van der Waals surface area (Å²) < 4.78 is 11.9. The first-order valence-corrected chi connectivity index (χ1v) is 16.1. The van der Waals surface area contributed by atoms with Gasteiger partial charge < -0.3 is 14.5 Å². The number of rotatable bonds is 10. The van der Waals surface area contributed by atoms with Gasteiger partial charge >= 0.3 is 0 Å². The molecule has 0 saturated carbocycles. The molecule has 0 radical (unpaired) electrons. The summed E-state index contributed by atoms with van der Waals surface area (Å²) in [5.74, 6) is 2.14. The predicted molar refractivity (Wildman–Crippen MR) is 103 cm³/mol. The summed E-state index contributed by atoms with van der Waals surface area (Å²) in [5.41, 5.74) is 0. The van der Waals surface area contributed by atoms with Crippen molar-refractivity contribution in [2.45, 2.75) is 57.9 Å². The van der Waals surface area contributed by atoms with Gasteiger partial charge in [0.2, 0.25) is 0 Å². The van der Waals surface area contributed by atoms with Crippen LogP contribution in [0.3, 0.4) is 0 Å². The summed E-state index contributed by atoms with van der Waals surface area (Å²) in [6, 6.07) is 1.34. The van der Waals surface area contributed by atoms with Crippen LogP contribution in [0.15, 0.2) is 9.98 Å². The third-order valence-corrected chi connectivity index (χ3v) is 22.0. The van der Waals surface area contributed by atoms with Crippen LogP contribution in [0.1, 0.15) is 25.7 Å². The second kappa shape index (κ2) is 8.44. The summed E-state index contributed by atoms with van der Waals surface area (Å²) in [6.45, 7) is 14.3. The summed E-state index contributed by atoms with van der Waals surface area (Å²) in [5, 5.41) is 3.37. The van der Waals surface area contributed by atoms with Gasteiger partial charge in [-0.15, -0.1) is 0 Å². The second-order valence-corrected chi connectivity index (χ2v) is 22.8. The average molecular weight is 356 g/mol. The van der Waals surface area contributed by atoms with Gasteiger partial charge in [0.1, 0.15) is 6.61 Å². The number of aliphatic imine (C=N–C) groups is 2. The van der Waals surface area contributed by atoms with Crippen molar-refractivity contribution in [3.63, 3.8) is 0 Å². The van der Waals surface area contributed by atoms with Crippen molar-refractivity contribution in [1.82, 2.24) is 5.32 Å². The molecule has 23 heavy (non-hydrogen) atoms. The molecule has 0 fully saturated rings. The lowest BCUT2D eigenvalue weighted by Gasteiger charge is -2.38. The van der Waals surface area contributed by atoms with E-state index >= 15 is 0 Å². The number of nitrogens with one attached hydrogen (secondary N) is 1. The lowest BCUT2D eigenvalue weighted by atomic mass is 10.3. The first-order chi connectivity index (χ1) is 10.9. The fraction of sp³-hybridized carbons (Fsp3) is 0.875. The SMILES string of the molecule is C[Si](C)(CCCC1=NCCN1)[Si](C)(C)OCCCC1=NCCO1. The maximum Gasteiger partial charge on any atom is 0.183 e. The molecular weight excluding hydrogens is 322 g/mol. The fourth-order valence-corrected chi connectivity index (χ4v) is 9.41. The van der Waals surface area contributed by atoms with Crippen LogP contribution in [0.5, 0.6) is 0 Å². The van der Waals surface area contributed by atoms with Crippen molar-refractivity contribution in [3.05, 3.63) is 0 Å². The molecule has 0 unspecified atom stereocenters. The molecule has 0 aliphatic carbocycles. The van der Waals surface area contributed by atoms with Crippen LogP contribution < -0.4 is 5.32 Å². The summed E-state index contributed by atoms with van der Waals surface area (Å²) in [6.07, 6.45) is 4.31. The maximum atomic E-state index is 6.42. The number of ether oxygens (including phenoxy) is 1. The molecule has 2 heterocycles. The number of hydrogen-bond donors (Lipinski definition) is 1. The largest absolute Gasteiger partial charge is 0.479 e. The van der Waals surface area contributed by atoms with E-state index in [4.69, 9.17) is 9.16 Å². The van der Waals surface area contributed by atoms with E-state index in [1.54, 1.807) is 0 Å². The van der Waals surface area contributed by atoms with Crippen LogP contribution in [-0.4, -0.2) is 60.0 Å². The molecule has 2 aliphatic heterocycles. The molecule has 1 N–H and O–H groups in total. The Morgan fingerprint density at radius 2 is 1.91 bits per heavy atom. The first-order valence-electron chi connectivity index (χ1n) is 8.98. The predicted octanol–water partition coefficient (Wildman–Crippen LogP) is 2.99. The van der Waals surface area contributed by atoms with Gasteiger partial charge in [-0.1, -0.05) is 19.1 Å².